The lowest BCUT2D eigenvalue weighted by atomic mass is 9.71. The Bertz CT molecular complexity index is 1480. The number of carbonyl (C=O) groups excluding carboxylic acids is 3. The van der Waals surface area contributed by atoms with E-state index < -0.39 is 28.7 Å². The number of anilines is 1. The average Bonchev–Trinajstić information content (AvgIpc) is 3.79. The number of benzene rings is 1. The molecule has 248 valence electrons. The lowest BCUT2D eigenvalue weighted by Gasteiger charge is -2.36. The third-order valence-electron chi connectivity index (χ3n) is 10.1. The Morgan fingerprint density at radius 2 is 1.89 bits per heavy atom. The van der Waals surface area contributed by atoms with Gasteiger partial charge in [0.1, 0.15) is 5.82 Å². The van der Waals surface area contributed by atoms with E-state index in [1.54, 1.807) is 30.5 Å². The van der Waals surface area contributed by atoms with Crippen LogP contribution in [0.3, 0.4) is 0 Å². The number of aromatic nitrogens is 1. The number of nitrogens with one attached hydrogen (secondary N) is 3. The number of ether oxygens (including phenoxy) is 2. The van der Waals surface area contributed by atoms with Crippen LogP contribution in [0.1, 0.15) is 85.6 Å². The zero-order valence-electron chi connectivity index (χ0n) is 27.5. The number of hydrogen-bond acceptors (Lipinski definition) is 10. The first-order chi connectivity index (χ1) is 22.2. The molecule has 46 heavy (non-hydrogen) atoms. The van der Waals surface area contributed by atoms with E-state index in [0.29, 0.717) is 31.0 Å². The Morgan fingerprint density at radius 1 is 1.13 bits per heavy atom. The molecule has 10 nitrogen and oxygen atoms in total. The summed E-state index contributed by atoms with van der Waals surface area (Å²) >= 11 is 0. The Labute approximate surface area is 271 Å². The second-order valence-electron chi connectivity index (χ2n) is 12.9. The molecule has 1 saturated heterocycles. The van der Waals surface area contributed by atoms with Crippen molar-refractivity contribution >= 4 is 23.4 Å². The van der Waals surface area contributed by atoms with E-state index in [1.165, 1.54) is 0 Å². The van der Waals surface area contributed by atoms with Crippen molar-refractivity contribution < 1.29 is 29.0 Å². The molecule has 5 rings (SSSR count). The highest BCUT2D eigenvalue weighted by molar-refractivity contribution is 6.32. The first-order valence-corrected chi connectivity index (χ1v) is 16.7. The second kappa shape index (κ2) is 14.5. The maximum Gasteiger partial charge on any atom is 0.350 e. The molecule has 0 unspecified atom stereocenters. The van der Waals surface area contributed by atoms with Gasteiger partial charge in [0, 0.05) is 35.7 Å². The first kappa shape index (κ1) is 33.9. The van der Waals surface area contributed by atoms with Gasteiger partial charge in [0.2, 0.25) is 5.78 Å². The molecule has 5 atom stereocenters. The molecule has 0 radical (unpaired) electrons. The third kappa shape index (κ3) is 6.40. The Hall–Kier alpha value is -3.44. The van der Waals surface area contributed by atoms with Gasteiger partial charge in [-0.05, 0) is 81.8 Å². The smallest absolute Gasteiger partial charge is 0.350 e. The third-order valence-corrected chi connectivity index (χ3v) is 10.1. The van der Waals surface area contributed by atoms with E-state index in [1.807, 2.05) is 26.1 Å². The number of Topliss-reactive ketones (excluding diaryl/α,β-unsaturated/α-hetero) is 2. The lowest BCUT2D eigenvalue weighted by molar-refractivity contribution is -0.150. The molecule has 0 amide bonds. The van der Waals surface area contributed by atoms with Gasteiger partial charge < -0.3 is 30.5 Å². The summed E-state index contributed by atoms with van der Waals surface area (Å²) in [5.41, 5.74) is -0.921. The molecule has 2 aliphatic carbocycles. The van der Waals surface area contributed by atoms with Gasteiger partial charge in [-0.1, -0.05) is 50.1 Å². The summed E-state index contributed by atoms with van der Waals surface area (Å²) < 4.78 is 12.1. The van der Waals surface area contributed by atoms with Crippen LogP contribution in [-0.2, 0) is 20.7 Å². The van der Waals surface area contributed by atoms with Crippen molar-refractivity contribution in [2.75, 3.05) is 38.8 Å². The fourth-order valence-electron chi connectivity index (χ4n) is 7.29. The van der Waals surface area contributed by atoms with Crippen LogP contribution in [0.15, 0.2) is 53.7 Å². The normalized spacial score (nSPS) is 27.4. The van der Waals surface area contributed by atoms with E-state index in [-0.39, 0.29) is 42.7 Å². The molecule has 1 aliphatic heterocycles. The molecule has 2 fully saturated rings. The van der Waals surface area contributed by atoms with Gasteiger partial charge in [0.15, 0.2) is 11.4 Å². The van der Waals surface area contributed by atoms with Crippen molar-refractivity contribution in [2.45, 2.75) is 83.0 Å². The van der Waals surface area contributed by atoms with Crippen LogP contribution < -0.4 is 16.0 Å². The largest absolute Gasteiger partial charge is 0.463 e. The van der Waals surface area contributed by atoms with Crippen molar-refractivity contribution in [1.29, 1.82) is 0 Å². The van der Waals surface area contributed by atoms with Crippen LogP contribution >= 0.6 is 0 Å². The van der Waals surface area contributed by atoms with Gasteiger partial charge in [0.25, 0.3) is 5.60 Å². The summed E-state index contributed by atoms with van der Waals surface area (Å²) in [6.07, 6.45) is 7.07. The summed E-state index contributed by atoms with van der Waals surface area (Å²) in [5, 5.41) is 20.3. The van der Waals surface area contributed by atoms with Crippen molar-refractivity contribution in [3.05, 3.63) is 70.4 Å². The predicted molar refractivity (Wildman–Crippen MR) is 176 cm³/mol. The zero-order valence-corrected chi connectivity index (χ0v) is 27.5. The summed E-state index contributed by atoms with van der Waals surface area (Å²) in [4.78, 5) is 46.5. The number of aliphatic hydroxyl groups is 1. The summed E-state index contributed by atoms with van der Waals surface area (Å²) in [6, 6.07) is 10.7. The number of allylic oxidation sites excluding steroid dienone is 1. The number of esters is 1. The highest BCUT2D eigenvalue weighted by Crippen LogP contribution is 2.59. The molecule has 1 aromatic heterocycles. The molecule has 1 saturated carbocycles. The average molecular weight is 633 g/mol. The van der Waals surface area contributed by atoms with Gasteiger partial charge in [0.05, 0.1) is 19.9 Å². The maximum atomic E-state index is 14.1. The highest BCUT2D eigenvalue weighted by atomic mass is 16.7. The molecule has 2 heterocycles. The fraction of sp³-hybridized carbons (Fsp3) is 0.556. The topological polar surface area (TPSA) is 142 Å². The van der Waals surface area contributed by atoms with E-state index in [0.717, 1.165) is 49.2 Å². The summed E-state index contributed by atoms with van der Waals surface area (Å²) in [6.45, 7) is 7.37. The van der Waals surface area contributed by atoms with Crippen LogP contribution in [0.4, 0.5) is 5.82 Å². The molecule has 0 bridgehead atoms. The Morgan fingerprint density at radius 3 is 2.59 bits per heavy atom. The van der Waals surface area contributed by atoms with Gasteiger partial charge >= 0.3 is 5.97 Å². The van der Waals surface area contributed by atoms with E-state index in [2.05, 4.69) is 34.8 Å². The number of carbonyl (C=O) groups is 3. The minimum absolute atomic E-state index is 0.0734. The van der Waals surface area contributed by atoms with E-state index in [4.69, 9.17) is 9.47 Å². The van der Waals surface area contributed by atoms with Gasteiger partial charge in [-0.2, -0.15) is 0 Å². The molecule has 2 aromatic rings. The standard InChI is InChI=1S/C36H48N4O6/c1-5-24-13-14-30(38-6-2)26(17-24)21-45-34(44)36-33(43)29-10-8-7-9-28(29)32(42)35(36,46-36)19-27(20-41)23(3)11-12-25-15-16-39-31(18-25)40-22-37-4/h7-10,15-16,18,24,26,30,37-38,41H,5-6,11-14,17,19-22H2,1-4H3,(H,39,40)/b27-23-/t24-,26+,30-,35+,36+/m1/s1. The van der Waals surface area contributed by atoms with Gasteiger partial charge in [-0.25, -0.2) is 9.78 Å². The number of epoxide rings is 1. The van der Waals surface area contributed by atoms with Crippen LogP contribution in [0.2, 0.25) is 0 Å². The van der Waals surface area contributed by atoms with Crippen LogP contribution in [0.25, 0.3) is 0 Å². The molecule has 0 spiro atoms. The Kier molecular flexibility index (Phi) is 10.7. The molecule has 3 aliphatic rings. The molecular formula is C36H48N4O6. The second-order valence-corrected chi connectivity index (χ2v) is 12.9. The first-order valence-electron chi connectivity index (χ1n) is 16.7. The number of aliphatic hydroxyl groups excluding tert-OH is 1. The van der Waals surface area contributed by atoms with Crippen molar-refractivity contribution in [2.24, 2.45) is 11.8 Å². The number of fused-ring (bicyclic) bond motifs is 2. The quantitative estimate of drug-likeness (QED) is 0.0741. The minimum Gasteiger partial charge on any atom is -0.463 e. The molecule has 4 N–H and O–H groups in total. The zero-order chi connectivity index (χ0) is 32.9. The maximum absolute atomic E-state index is 14.1. The van der Waals surface area contributed by atoms with Gasteiger partial charge in [-0.3, -0.25) is 9.59 Å². The monoisotopic (exact) mass is 632 g/mol. The number of rotatable bonds is 15. The highest BCUT2D eigenvalue weighted by Gasteiger charge is 2.85. The van der Waals surface area contributed by atoms with Crippen LogP contribution in [0.5, 0.6) is 0 Å². The Balaban J connectivity index is 1.39. The van der Waals surface area contributed by atoms with Crippen molar-refractivity contribution in [3.8, 4) is 0 Å². The van der Waals surface area contributed by atoms with Crippen LogP contribution in [-0.4, -0.2) is 78.3 Å². The lowest BCUT2D eigenvalue weighted by Crippen LogP contribution is -2.51. The van der Waals surface area contributed by atoms with E-state index >= 15 is 0 Å². The summed E-state index contributed by atoms with van der Waals surface area (Å²) in [5.74, 6) is -0.388. The number of nitrogens with zero attached hydrogens (tertiary/aromatic N) is 1. The van der Waals surface area contributed by atoms with Crippen molar-refractivity contribution in [1.82, 2.24) is 15.6 Å². The number of pyridine rings is 1. The van der Waals surface area contributed by atoms with Gasteiger partial charge in [-0.15, -0.1) is 0 Å². The van der Waals surface area contributed by atoms with Crippen molar-refractivity contribution in [3.63, 3.8) is 0 Å². The SMILES string of the molecule is CCN[C@@H]1CC[C@@H](CC)C[C@H]1COC(=O)[C@]12O[C@@]1(C/C(CO)=C(\C)CCc1ccnc(NCNC)c1)C(=O)c1ccccc1C2=O. The van der Waals surface area contributed by atoms with Crippen LogP contribution in [0, 0.1) is 11.8 Å². The number of aryl methyl sites for hydroxylation is 1. The summed E-state index contributed by atoms with van der Waals surface area (Å²) in [7, 11) is 1.85. The van der Waals surface area contributed by atoms with E-state index in [9.17, 15) is 19.5 Å². The molecular weight excluding hydrogens is 584 g/mol. The number of ketones is 2. The number of hydrogen-bond donors (Lipinski definition) is 4. The fourth-order valence-corrected chi connectivity index (χ4v) is 7.29. The minimum atomic E-state index is -2.06. The molecule has 1 aromatic carbocycles. The predicted octanol–water partition coefficient (Wildman–Crippen LogP) is 4.24. The molecule has 10 heteroatoms.